The fourth-order valence-corrected chi connectivity index (χ4v) is 3.46. The number of aromatic nitrogens is 2. The lowest BCUT2D eigenvalue weighted by Gasteiger charge is -2.10. The molecule has 9 nitrogen and oxygen atoms in total. The van der Waals surface area contributed by atoms with Crippen LogP contribution in [0.5, 0.6) is 5.75 Å². The summed E-state index contributed by atoms with van der Waals surface area (Å²) in [4.78, 5) is 25.3. The number of rotatable bonds is 10. The van der Waals surface area contributed by atoms with Gasteiger partial charge in [-0.3, -0.25) is 14.3 Å². The van der Waals surface area contributed by atoms with Gasteiger partial charge in [-0.15, -0.1) is 0 Å². The van der Waals surface area contributed by atoms with Crippen LogP contribution in [0.25, 0.3) is 0 Å². The highest BCUT2D eigenvalue weighted by Crippen LogP contribution is 2.22. The second-order valence-electron chi connectivity index (χ2n) is 8.21. The molecular formula is C26H28N4O5. The van der Waals surface area contributed by atoms with Crippen molar-refractivity contribution in [3.05, 3.63) is 89.5 Å². The van der Waals surface area contributed by atoms with Gasteiger partial charge in [-0.2, -0.15) is 5.10 Å². The Morgan fingerprint density at radius 2 is 1.89 bits per heavy atom. The summed E-state index contributed by atoms with van der Waals surface area (Å²) in [7, 11) is 1.66. The molecule has 0 aliphatic rings. The van der Waals surface area contributed by atoms with Crippen molar-refractivity contribution in [3.8, 4) is 5.75 Å². The zero-order chi connectivity index (χ0) is 24.8. The van der Waals surface area contributed by atoms with E-state index in [0.717, 1.165) is 12.2 Å². The van der Waals surface area contributed by atoms with Crippen molar-refractivity contribution >= 4 is 17.5 Å². The summed E-state index contributed by atoms with van der Waals surface area (Å²) < 4.78 is 18.1. The Morgan fingerprint density at radius 1 is 1.09 bits per heavy atom. The van der Waals surface area contributed by atoms with Crippen LogP contribution in [-0.2, 0) is 20.2 Å². The maximum absolute atomic E-state index is 12.7. The molecule has 0 bridgehead atoms. The predicted molar refractivity (Wildman–Crippen MR) is 129 cm³/mol. The molecule has 0 saturated carbocycles. The first kappa shape index (κ1) is 23.9. The molecular weight excluding hydrogens is 448 g/mol. The molecule has 9 heteroatoms. The molecule has 182 valence electrons. The Kier molecular flexibility index (Phi) is 7.35. The van der Waals surface area contributed by atoms with Crippen molar-refractivity contribution in [1.29, 1.82) is 0 Å². The van der Waals surface area contributed by atoms with Gasteiger partial charge < -0.3 is 24.2 Å². The van der Waals surface area contributed by atoms with Gasteiger partial charge in [0.25, 0.3) is 11.8 Å². The van der Waals surface area contributed by atoms with Crippen LogP contribution in [0.4, 0.5) is 5.69 Å². The number of amides is 2. The third-order valence-corrected chi connectivity index (χ3v) is 5.62. The van der Waals surface area contributed by atoms with E-state index >= 15 is 0 Å². The summed E-state index contributed by atoms with van der Waals surface area (Å²) >= 11 is 0. The number of benzene rings is 1. The minimum absolute atomic E-state index is 0.0864. The molecule has 2 amide bonds. The number of hydrogen-bond donors (Lipinski definition) is 2. The van der Waals surface area contributed by atoms with Gasteiger partial charge in [0.1, 0.15) is 23.9 Å². The normalized spacial score (nSPS) is 11.7. The maximum atomic E-state index is 12.7. The number of carbonyl (C=O) groups is 2. The number of ether oxygens (including phenoxy) is 1. The smallest absolute Gasteiger partial charge is 0.291 e. The Morgan fingerprint density at radius 3 is 2.60 bits per heavy atom. The Bertz CT molecular complexity index is 1270. The molecule has 4 rings (SSSR count). The summed E-state index contributed by atoms with van der Waals surface area (Å²) in [5.74, 6) is 1.49. The van der Waals surface area contributed by atoms with Gasteiger partial charge in [-0.05, 0) is 54.3 Å². The van der Waals surface area contributed by atoms with Gasteiger partial charge in [0, 0.05) is 13.2 Å². The van der Waals surface area contributed by atoms with E-state index in [4.69, 9.17) is 13.6 Å². The molecule has 2 N–H and O–H groups in total. The quantitative estimate of drug-likeness (QED) is 0.337. The van der Waals surface area contributed by atoms with Crippen LogP contribution in [-0.4, -0.2) is 21.6 Å². The van der Waals surface area contributed by atoms with Crippen molar-refractivity contribution in [2.24, 2.45) is 7.05 Å². The number of aryl methyl sites for hydroxylation is 1. The SMILES string of the molecule is CCC(C)c1ccc(OCc2ccc(C(=O)Nc3cn(C)nc3C(=O)NCc3ccco3)o2)cc1. The van der Waals surface area contributed by atoms with Gasteiger partial charge in [-0.25, -0.2) is 0 Å². The highest BCUT2D eigenvalue weighted by Gasteiger charge is 2.20. The van der Waals surface area contributed by atoms with Crippen molar-refractivity contribution in [2.75, 3.05) is 5.32 Å². The van der Waals surface area contributed by atoms with E-state index in [-0.39, 0.29) is 30.3 Å². The monoisotopic (exact) mass is 476 g/mol. The fourth-order valence-electron chi connectivity index (χ4n) is 3.46. The molecule has 1 aromatic carbocycles. The molecule has 0 fully saturated rings. The molecule has 4 aromatic rings. The van der Waals surface area contributed by atoms with Crippen molar-refractivity contribution in [2.45, 2.75) is 39.3 Å². The Labute approximate surface area is 203 Å². The van der Waals surface area contributed by atoms with E-state index < -0.39 is 11.8 Å². The van der Waals surface area contributed by atoms with Gasteiger partial charge in [0.2, 0.25) is 0 Å². The standard InChI is InChI=1S/C26H28N4O5/c1-4-17(2)18-7-9-19(10-8-18)34-16-21-11-12-23(35-21)25(31)28-22-15-30(3)29-24(22)26(32)27-14-20-6-5-13-33-20/h5-13,15,17H,4,14,16H2,1-3H3,(H,27,32)(H,28,31). The summed E-state index contributed by atoms with van der Waals surface area (Å²) in [5.41, 5.74) is 1.62. The third kappa shape index (κ3) is 6.00. The van der Waals surface area contributed by atoms with Crippen LogP contribution >= 0.6 is 0 Å². The first-order chi connectivity index (χ1) is 16.9. The zero-order valence-electron chi connectivity index (χ0n) is 19.9. The summed E-state index contributed by atoms with van der Waals surface area (Å²) in [5, 5.41) is 9.56. The lowest BCUT2D eigenvalue weighted by Crippen LogP contribution is -2.25. The van der Waals surface area contributed by atoms with Gasteiger partial charge >= 0.3 is 0 Å². The van der Waals surface area contributed by atoms with Crippen molar-refractivity contribution < 1.29 is 23.2 Å². The van der Waals surface area contributed by atoms with E-state index in [1.54, 1.807) is 37.5 Å². The van der Waals surface area contributed by atoms with E-state index in [0.29, 0.717) is 17.4 Å². The molecule has 1 unspecified atom stereocenters. The zero-order valence-corrected chi connectivity index (χ0v) is 19.9. The van der Waals surface area contributed by atoms with Crippen LogP contribution in [0, 0.1) is 0 Å². The van der Waals surface area contributed by atoms with Gasteiger partial charge in [-0.1, -0.05) is 26.0 Å². The van der Waals surface area contributed by atoms with Crippen LogP contribution in [0.15, 0.2) is 69.8 Å². The van der Waals surface area contributed by atoms with Gasteiger partial charge in [0.05, 0.1) is 18.5 Å². The minimum atomic E-state index is -0.498. The Balaban J connectivity index is 1.34. The highest BCUT2D eigenvalue weighted by molar-refractivity contribution is 6.07. The lowest BCUT2D eigenvalue weighted by atomic mass is 9.99. The summed E-state index contributed by atoms with van der Waals surface area (Å²) in [6.07, 6.45) is 4.16. The number of carbonyl (C=O) groups excluding carboxylic acids is 2. The van der Waals surface area contributed by atoms with E-state index in [9.17, 15) is 9.59 Å². The fraction of sp³-hybridized carbons (Fsp3) is 0.269. The molecule has 0 spiro atoms. The predicted octanol–water partition coefficient (Wildman–Crippen LogP) is 4.88. The van der Waals surface area contributed by atoms with Crippen LogP contribution in [0.2, 0.25) is 0 Å². The second-order valence-corrected chi connectivity index (χ2v) is 8.21. The summed E-state index contributed by atoms with van der Waals surface area (Å²) in [6, 6.07) is 14.7. The molecule has 0 aliphatic heterocycles. The number of hydrogen-bond acceptors (Lipinski definition) is 6. The van der Waals surface area contributed by atoms with Crippen molar-refractivity contribution in [1.82, 2.24) is 15.1 Å². The topological polar surface area (TPSA) is 112 Å². The number of anilines is 1. The molecule has 3 heterocycles. The van der Waals surface area contributed by atoms with Crippen LogP contribution in [0.3, 0.4) is 0 Å². The average molecular weight is 477 g/mol. The number of nitrogens with zero attached hydrogens (tertiary/aromatic N) is 2. The second kappa shape index (κ2) is 10.8. The molecule has 35 heavy (non-hydrogen) atoms. The lowest BCUT2D eigenvalue weighted by molar-refractivity contribution is 0.0943. The molecule has 0 radical (unpaired) electrons. The maximum Gasteiger partial charge on any atom is 0.291 e. The van der Waals surface area contributed by atoms with Crippen molar-refractivity contribution in [3.63, 3.8) is 0 Å². The largest absolute Gasteiger partial charge is 0.486 e. The highest BCUT2D eigenvalue weighted by atomic mass is 16.5. The van der Waals surface area contributed by atoms with Gasteiger partial charge in [0.15, 0.2) is 11.5 Å². The first-order valence-electron chi connectivity index (χ1n) is 11.4. The molecule has 0 saturated heterocycles. The Hall–Kier alpha value is -4.27. The van der Waals surface area contributed by atoms with Crippen LogP contribution < -0.4 is 15.4 Å². The summed E-state index contributed by atoms with van der Waals surface area (Å²) in [6.45, 7) is 4.74. The molecule has 1 atom stereocenters. The van der Waals surface area contributed by atoms with E-state index in [1.165, 1.54) is 16.5 Å². The average Bonchev–Trinajstić information content (AvgIpc) is 3.62. The molecule has 0 aliphatic carbocycles. The van der Waals surface area contributed by atoms with E-state index in [1.807, 2.05) is 12.1 Å². The molecule has 3 aromatic heterocycles. The van der Waals surface area contributed by atoms with Crippen LogP contribution in [0.1, 0.15) is 64.3 Å². The minimum Gasteiger partial charge on any atom is -0.486 e. The number of furan rings is 2. The first-order valence-corrected chi connectivity index (χ1v) is 11.4. The number of nitrogens with one attached hydrogen (secondary N) is 2. The third-order valence-electron chi connectivity index (χ3n) is 5.62. The van der Waals surface area contributed by atoms with E-state index in [2.05, 4.69) is 41.7 Å².